The second-order valence-electron chi connectivity index (χ2n) is 7.63. The number of nitrogens with zero attached hydrogens (tertiary/aromatic N) is 1. The van der Waals surface area contributed by atoms with Crippen molar-refractivity contribution in [2.24, 2.45) is 0 Å². The summed E-state index contributed by atoms with van der Waals surface area (Å²) >= 11 is 0. The number of carbonyl (C=O) groups is 1. The van der Waals surface area contributed by atoms with Gasteiger partial charge in [0.2, 0.25) is 10.0 Å². The molecule has 0 unspecified atom stereocenters. The molecule has 0 bridgehead atoms. The summed E-state index contributed by atoms with van der Waals surface area (Å²) in [4.78, 5) is 13.0. The second kappa shape index (κ2) is 8.45. The Morgan fingerprint density at radius 2 is 1.50 bits per heavy atom. The first-order chi connectivity index (χ1) is 13.3. The Morgan fingerprint density at radius 1 is 0.893 bits per heavy atom. The number of sulfonamides is 1. The fraction of sp³-hybridized carbons (Fsp3) is 0.409. The Kier molecular flexibility index (Phi) is 6.20. The molecule has 28 heavy (non-hydrogen) atoms. The molecule has 0 atom stereocenters. The Balaban J connectivity index is 1.89. The molecule has 2 aromatic carbocycles. The lowest BCUT2D eigenvalue weighted by Gasteiger charge is -2.20. The average Bonchev–Trinajstić information content (AvgIpc) is 2.91. The summed E-state index contributed by atoms with van der Waals surface area (Å²) in [5.41, 5.74) is 3.96. The first-order valence-electron chi connectivity index (χ1n) is 9.78. The van der Waals surface area contributed by atoms with Gasteiger partial charge in [-0.15, -0.1) is 0 Å². The van der Waals surface area contributed by atoms with Gasteiger partial charge in [0.25, 0.3) is 5.91 Å². The Bertz CT molecular complexity index is 955. The maximum absolute atomic E-state index is 13.1. The highest BCUT2D eigenvalue weighted by Crippen LogP contribution is 2.23. The van der Waals surface area contributed by atoms with E-state index in [-0.39, 0.29) is 10.8 Å². The molecule has 3 rings (SSSR count). The molecule has 0 aliphatic carbocycles. The van der Waals surface area contributed by atoms with Gasteiger partial charge < -0.3 is 5.32 Å². The number of benzene rings is 2. The third kappa shape index (κ3) is 4.62. The van der Waals surface area contributed by atoms with Crippen molar-refractivity contribution in [3.63, 3.8) is 0 Å². The quantitative estimate of drug-likeness (QED) is 0.826. The van der Waals surface area contributed by atoms with Crippen molar-refractivity contribution in [1.82, 2.24) is 4.31 Å². The Labute approximate surface area is 167 Å². The molecule has 5 nitrogen and oxygen atoms in total. The van der Waals surface area contributed by atoms with Crippen molar-refractivity contribution in [3.05, 3.63) is 58.7 Å². The number of carbonyl (C=O) groups excluding carboxylic acids is 1. The summed E-state index contributed by atoms with van der Waals surface area (Å²) in [6, 6.07) is 10.7. The van der Waals surface area contributed by atoms with Gasteiger partial charge in [0.1, 0.15) is 0 Å². The molecule has 1 fully saturated rings. The van der Waals surface area contributed by atoms with E-state index in [2.05, 4.69) is 5.32 Å². The van der Waals surface area contributed by atoms with E-state index in [4.69, 9.17) is 0 Å². The number of hydrogen-bond donors (Lipinski definition) is 1. The molecule has 6 heteroatoms. The van der Waals surface area contributed by atoms with Crippen LogP contribution in [-0.2, 0) is 10.0 Å². The number of anilines is 1. The minimum absolute atomic E-state index is 0.186. The molecular formula is C22H28N2O3S. The summed E-state index contributed by atoms with van der Waals surface area (Å²) in [6.45, 7) is 6.85. The first kappa shape index (κ1) is 20.6. The van der Waals surface area contributed by atoms with E-state index in [1.807, 2.05) is 39.0 Å². The van der Waals surface area contributed by atoms with E-state index in [1.165, 1.54) is 6.07 Å². The van der Waals surface area contributed by atoms with E-state index >= 15 is 0 Å². The zero-order chi connectivity index (χ0) is 20.3. The molecule has 150 valence electrons. The van der Waals surface area contributed by atoms with Crippen LogP contribution >= 0.6 is 0 Å². The predicted molar refractivity (Wildman–Crippen MR) is 112 cm³/mol. The van der Waals surface area contributed by atoms with Crippen LogP contribution in [0.2, 0.25) is 0 Å². The number of nitrogens with one attached hydrogen (secondary N) is 1. The molecule has 0 saturated carbocycles. The molecule has 2 aromatic rings. The molecule has 1 aliphatic heterocycles. The van der Waals surface area contributed by atoms with Crippen LogP contribution in [0.4, 0.5) is 5.69 Å². The van der Waals surface area contributed by atoms with Crippen molar-refractivity contribution < 1.29 is 13.2 Å². The number of hydrogen-bond acceptors (Lipinski definition) is 3. The zero-order valence-electron chi connectivity index (χ0n) is 16.8. The van der Waals surface area contributed by atoms with Crippen LogP contribution in [0.5, 0.6) is 0 Å². The fourth-order valence-electron chi connectivity index (χ4n) is 3.68. The van der Waals surface area contributed by atoms with Crippen LogP contribution in [0, 0.1) is 20.8 Å². The SMILES string of the molecule is Cc1cc(C)cc(NC(=O)c2cc(S(=O)(=O)N3CCCCCC3)ccc2C)c1. The molecule has 0 spiro atoms. The van der Waals surface area contributed by atoms with E-state index in [0.717, 1.165) is 42.4 Å². The first-order valence-corrected chi connectivity index (χ1v) is 11.2. The van der Waals surface area contributed by atoms with Gasteiger partial charge in [-0.05, 0) is 74.6 Å². The van der Waals surface area contributed by atoms with Gasteiger partial charge in [-0.2, -0.15) is 4.31 Å². The lowest BCUT2D eigenvalue weighted by Crippen LogP contribution is -2.32. The number of aryl methyl sites for hydroxylation is 3. The van der Waals surface area contributed by atoms with E-state index in [0.29, 0.717) is 24.3 Å². The van der Waals surface area contributed by atoms with Gasteiger partial charge in [0.05, 0.1) is 4.90 Å². The summed E-state index contributed by atoms with van der Waals surface area (Å²) in [7, 11) is -3.59. The minimum Gasteiger partial charge on any atom is -0.322 e. The van der Waals surface area contributed by atoms with Gasteiger partial charge in [-0.1, -0.05) is 25.0 Å². The monoisotopic (exact) mass is 400 g/mol. The van der Waals surface area contributed by atoms with Crippen LogP contribution in [-0.4, -0.2) is 31.7 Å². The van der Waals surface area contributed by atoms with E-state index < -0.39 is 10.0 Å². The predicted octanol–water partition coefficient (Wildman–Crippen LogP) is 4.43. The van der Waals surface area contributed by atoms with Crippen LogP contribution in [0.25, 0.3) is 0 Å². The standard InChI is InChI=1S/C22H28N2O3S/c1-16-12-17(2)14-19(13-16)23-22(25)21-15-20(9-8-18(21)3)28(26,27)24-10-6-4-5-7-11-24/h8-9,12-15H,4-7,10-11H2,1-3H3,(H,23,25). The lowest BCUT2D eigenvalue weighted by molar-refractivity contribution is 0.102. The van der Waals surface area contributed by atoms with Crippen molar-refractivity contribution in [2.75, 3.05) is 18.4 Å². The molecule has 1 N–H and O–H groups in total. The Morgan fingerprint density at radius 3 is 2.11 bits per heavy atom. The molecule has 1 saturated heterocycles. The molecule has 1 aliphatic rings. The lowest BCUT2D eigenvalue weighted by atomic mass is 10.1. The van der Waals surface area contributed by atoms with Crippen LogP contribution < -0.4 is 5.32 Å². The highest BCUT2D eigenvalue weighted by molar-refractivity contribution is 7.89. The maximum Gasteiger partial charge on any atom is 0.255 e. The maximum atomic E-state index is 13.1. The molecule has 0 radical (unpaired) electrons. The van der Waals surface area contributed by atoms with Gasteiger partial charge >= 0.3 is 0 Å². The molecular weight excluding hydrogens is 372 g/mol. The summed E-state index contributed by atoms with van der Waals surface area (Å²) in [6.07, 6.45) is 3.88. The number of amides is 1. The Hall–Kier alpha value is -2.18. The third-order valence-electron chi connectivity index (χ3n) is 5.14. The smallest absolute Gasteiger partial charge is 0.255 e. The van der Waals surface area contributed by atoms with Gasteiger partial charge in [0.15, 0.2) is 0 Å². The highest BCUT2D eigenvalue weighted by Gasteiger charge is 2.26. The minimum atomic E-state index is -3.59. The third-order valence-corrected chi connectivity index (χ3v) is 7.03. The van der Waals surface area contributed by atoms with Gasteiger partial charge in [-0.25, -0.2) is 8.42 Å². The number of rotatable bonds is 4. The van der Waals surface area contributed by atoms with Gasteiger partial charge in [-0.3, -0.25) is 4.79 Å². The van der Waals surface area contributed by atoms with Crippen molar-refractivity contribution in [1.29, 1.82) is 0 Å². The molecule has 1 heterocycles. The summed E-state index contributed by atoms with van der Waals surface area (Å²) in [5, 5.41) is 2.90. The zero-order valence-corrected chi connectivity index (χ0v) is 17.6. The topological polar surface area (TPSA) is 66.5 Å². The van der Waals surface area contributed by atoms with Crippen LogP contribution in [0.15, 0.2) is 41.3 Å². The fourth-order valence-corrected chi connectivity index (χ4v) is 5.23. The second-order valence-corrected chi connectivity index (χ2v) is 9.56. The molecule has 0 aromatic heterocycles. The normalized spacial score (nSPS) is 15.8. The largest absolute Gasteiger partial charge is 0.322 e. The van der Waals surface area contributed by atoms with Gasteiger partial charge in [0, 0.05) is 24.3 Å². The average molecular weight is 401 g/mol. The van der Waals surface area contributed by atoms with Crippen molar-refractivity contribution in [2.45, 2.75) is 51.3 Å². The van der Waals surface area contributed by atoms with Crippen LogP contribution in [0.3, 0.4) is 0 Å². The summed E-state index contributed by atoms with van der Waals surface area (Å²) < 4.78 is 27.7. The van der Waals surface area contributed by atoms with Crippen molar-refractivity contribution >= 4 is 21.6 Å². The highest BCUT2D eigenvalue weighted by atomic mass is 32.2. The molecule has 1 amide bonds. The van der Waals surface area contributed by atoms with E-state index in [9.17, 15) is 13.2 Å². The van der Waals surface area contributed by atoms with E-state index in [1.54, 1.807) is 16.4 Å². The van der Waals surface area contributed by atoms with Crippen molar-refractivity contribution in [3.8, 4) is 0 Å². The summed E-state index contributed by atoms with van der Waals surface area (Å²) in [5.74, 6) is -0.296. The van der Waals surface area contributed by atoms with Crippen LogP contribution in [0.1, 0.15) is 52.7 Å².